The fraction of sp³-hybridized carbons (Fsp3) is 0.692. The third-order valence-electron chi connectivity index (χ3n) is 2.14. The Morgan fingerprint density at radius 3 is 2.50 bits per heavy atom. The Morgan fingerprint density at radius 1 is 1.36 bits per heavy atom. The third-order valence-corrected chi connectivity index (χ3v) is 2.14. The van der Waals surface area contributed by atoms with E-state index in [0.717, 1.165) is 37.5 Å². The monoisotopic (exact) mass is 196 g/mol. The second-order valence-electron chi connectivity index (χ2n) is 4.43. The summed E-state index contributed by atoms with van der Waals surface area (Å²) in [7, 11) is 0. The Hall–Kier alpha value is -0.560. The van der Waals surface area contributed by atoms with E-state index >= 15 is 0 Å². The molecule has 1 unspecified atom stereocenters. The van der Waals surface area contributed by atoms with Gasteiger partial charge in [0.15, 0.2) is 0 Å². The van der Waals surface area contributed by atoms with E-state index < -0.39 is 0 Å². The number of allylic oxidation sites excluding steroid dienone is 2. The fourth-order valence-corrected chi connectivity index (χ4v) is 1.19. The first-order chi connectivity index (χ1) is 6.56. The van der Waals surface area contributed by atoms with Crippen molar-refractivity contribution >= 4 is 0 Å². The molecule has 0 aliphatic carbocycles. The lowest BCUT2D eigenvalue weighted by Crippen LogP contribution is -2.08. The lowest BCUT2D eigenvalue weighted by molar-refractivity contribution is 0.0963. The van der Waals surface area contributed by atoms with Crippen LogP contribution >= 0.6 is 0 Å². The standard InChI is InChI=1S/C13H24O/c1-6-12(4)9-13(5)10-14-8-7-11(2)3/h6,11,13H,1,4,7-10H2,2-3,5H3. The normalized spacial score (nSPS) is 12.9. The second-order valence-corrected chi connectivity index (χ2v) is 4.43. The maximum Gasteiger partial charge on any atom is 0.0494 e. The molecule has 1 nitrogen and oxygen atoms in total. The van der Waals surface area contributed by atoms with Crippen LogP contribution in [0.2, 0.25) is 0 Å². The summed E-state index contributed by atoms with van der Waals surface area (Å²) < 4.78 is 5.58. The van der Waals surface area contributed by atoms with Crippen molar-refractivity contribution in [2.45, 2.75) is 33.6 Å². The summed E-state index contributed by atoms with van der Waals surface area (Å²) in [6, 6.07) is 0. The zero-order valence-electron chi connectivity index (χ0n) is 9.88. The molecule has 14 heavy (non-hydrogen) atoms. The first-order valence-corrected chi connectivity index (χ1v) is 5.44. The molecule has 0 aliphatic heterocycles. The fourth-order valence-electron chi connectivity index (χ4n) is 1.19. The first-order valence-electron chi connectivity index (χ1n) is 5.44. The molecule has 0 heterocycles. The van der Waals surface area contributed by atoms with Gasteiger partial charge >= 0.3 is 0 Å². The molecular formula is C13H24O. The molecule has 0 spiro atoms. The van der Waals surface area contributed by atoms with Crippen molar-refractivity contribution in [1.29, 1.82) is 0 Å². The summed E-state index contributed by atoms with van der Waals surface area (Å²) >= 11 is 0. The van der Waals surface area contributed by atoms with Gasteiger partial charge in [-0.05, 0) is 24.7 Å². The molecule has 0 fully saturated rings. The molecule has 0 saturated heterocycles. The van der Waals surface area contributed by atoms with Gasteiger partial charge in [-0.3, -0.25) is 0 Å². The van der Waals surface area contributed by atoms with Crippen LogP contribution in [0.1, 0.15) is 33.6 Å². The summed E-state index contributed by atoms with van der Waals surface area (Å²) in [5.41, 5.74) is 1.10. The molecule has 0 saturated carbocycles. The minimum Gasteiger partial charge on any atom is -0.381 e. The van der Waals surface area contributed by atoms with E-state index in [0.29, 0.717) is 5.92 Å². The molecule has 0 radical (unpaired) electrons. The predicted octanol–water partition coefficient (Wildman–Crippen LogP) is 3.82. The van der Waals surface area contributed by atoms with Gasteiger partial charge < -0.3 is 4.74 Å². The highest BCUT2D eigenvalue weighted by Gasteiger charge is 2.03. The van der Waals surface area contributed by atoms with Gasteiger partial charge in [0.25, 0.3) is 0 Å². The van der Waals surface area contributed by atoms with Gasteiger partial charge in [0.1, 0.15) is 0 Å². The molecule has 1 atom stereocenters. The Kier molecular flexibility index (Phi) is 7.50. The summed E-state index contributed by atoms with van der Waals surface area (Å²) in [5, 5.41) is 0. The average molecular weight is 196 g/mol. The lowest BCUT2D eigenvalue weighted by atomic mass is 10.0. The van der Waals surface area contributed by atoms with E-state index in [9.17, 15) is 0 Å². The maximum atomic E-state index is 5.58. The Labute approximate surface area is 88.9 Å². The predicted molar refractivity (Wildman–Crippen MR) is 63.4 cm³/mol. The van der Waals surface area contributed by atoms with Gasteiger partial charge in [0, 0.05) is 13.2 Å². The third kappa shape index (κ3) is 8.06. The molecule has 0 bridgehead atoms. The van der Waals surface area contributed by atoms with E-state index in [2.05, 4.69) is 33.9 Å². The number of rotatable bonds is 8. The topological polar surface area (TPSA) is 9.23 Å². The SMILES string of the molecule is C=CC(=C)CC(C)COCCC(C)C. The summed E-state index contributed by atoms with van der Waals surface area (Å²) in [6.07, 6.45) is 3.96. The quantitative estimate of drug-likeness (QED) is 0.423. The number of ether oxygens (including phenoxy) is 1. The largest absolute Gasteiger partial charge is 0.381 e. The molecular weight excluding hydrogens is 172 g/mol. The van der Waals surface area contributed by atoms with Crippen molar-refractivity contribution in [1.82, 2.24) is 0 Å². The average Bonchev–Trinajstić information content (AvgIpc) is 2.12. The minimum atomic E-state index is 0.549. The van der Waals surface area contributed by atoms with Gasteiger partial charge in [0.05, 0.1) is 0 Å². The Morgan fingerprint density at radius 2 is 2.00 bits per heavy atom. The van der Waals surface area contributed by atoms with Crippen LogP contribution in [-0.4, -0.2) is 13.2 Å². The van der Waals surface area contributed by atoms with Crippen LogP contribution in [0.4, 0.5) is 0 Å². The summed E-state index contributed by atoms with van der Waals surface area (Å²) in [4.78, 5) is 0. The lowest BCUT2D eigenvalue weighted by Gasteiger charge is -2.12. The first kappa shape index (κ1) is 13.4. The summed E-state index contributed by atoms with van der Waals surface area (Å²) in [6.45, 7) is 15.9. The molecule has 0 rings (SSSR count). The van der Waals surface area contributed by atoms with Crippen molar-refractivity contribution in [3.05, 3.63) is 24.8 Å². The molecule has 0 aromatic heterocycles. The van der Waals surface area contributed by atoms with E-state index in [-0.39, 0.29) is 0 Å². The Bertz CT molecular complexity index is 170. The molecule has 0 N–H and O–H groups in total. The van der Waals surface area contributed by atoms with Crippen LogP contribution in [0.3, 0.4) is 0 Å². The van der Waals surface area contributed by atoms with E-state index in [1.165, 1.54) is 0 Å². The molecule has 0 aliphatic rings. The second kappa shape index (κ2) is 7.81. The highest BCUT2D eigenvalue weighted by atomic mass is 16.5. The molecule has 1 heteroatoms. The highest BCUT2D eigenvalue weighted by Crippen LogP contribution is 2.11. The zero-order valence-corrected chi connectivity index (χ0v) is 9.88. The van der Waals surface area contributed by atoms with Crippen LogP contribution < -0.4 is 0 Å². The smallest absolute Gasteiger partial charge is 0.0494 e. The van der Waals surface area contributed by atoms with Crippen molar-refractivity contribution in [2.24, 2.45) is 11.8 Å². The van der Waals surface area contributed by atoms with Crippen LogP contribution in [-0.2, 0) is 4.74 Å². The number of hydrogen-bond donors (Lipinski definition) is 0. The van der Waals surface area contributed by atoms with E-state index in [4.69, 9.17) is 4.74 Å². The van der Waals surface area contributed by atoms with Crippen molar-refractivity contribution < 1.29 is 4.74 Å². The molecule has 82 valence electrons. The van der Waals surface area contributed by atoms with Gasteiger partial charge in [0.2, 0.25) is 0 Å². The molecule has 0 aromatic rings. The Balaban J connectivity index is 3.39. The van der Waals surface area contributed by atoms with Crippen LogP contribution in [0.25, 0.3) is 0 Å². The van der Waals surface area contributed by atoms with E-state index in [1.54, 1.807) is 0 Å². The zero-order chi connectivity index (χ0) is 11.0. The van der Waals surface area contributed by atoms with Crippen molar-refractivity contribution in [3.8, 4) is 0 Å². The van der Waals surface area contributed by atoms with Gasteiger partial charge in [-0.15, -0.1) is 0 Å². The summed E-state index contributed by atoms with van der Waals surface area (Å²) in [5.74, 6) is 1.28. The minimum absolute atomic E-state index is 0.549. The van der Waals surface area contributed by atoms with Crippen LogP contribution in [0, 0.1) is 11.8 Å². The van der Waals surface area contributed by atoms with Gasteiger partial charge in [-0.1, -0.05) is 45.6 Å². The number of hydrogen-bond acceptors (Lipinski definition) is 1. The van der Waals surface area contributed by atoms with Crippen LogP contribution in [0.5, 0.6) is 0 Å². The van der Waals surface area contributed by atoms with Gasteiger partial charge in [-0.2, -0.15) is 0 Å². The van der Waals surface area contributed by atoms with Gasteiger partial charge in [-0.25, -0.2) is 0 Å². The maximum absolute atomic E-state index is 5.58. The molecule has 0 amide bonds. The van der Waals surface area contributed by atoms with Crippen molar-refractivity contribution in [2.75, 3.05) is 13.2 Å². The highest BCUT2D eigenvalue weighted by molar-refractivity contribution is 5.10. The van der Waals surface area contributed by atoms with Crippen molar-refractivity contribution in [3.63, 3.8) is 0 Å². The molecule has 0 aromatic carbocycles. The van der Waals surface area contributed by atoms with E-state index in [1.807, 2.05) is 6.08 Å². The van der Waals surface area contributed by atoms with Crippen LogP contribution in [0.15, 0.2) is 24.8 Å².